The number of ether oxygens (including phenoxy) is 1. The standard InChI is InChI=1S/C21H17N3O3S/c25-20(23-7-9-27-10-8-23)17-12-16(14-4-2-1-3-5-14)21(26)24-18(17)19-15(13-22-24)6-11-28-19/h1-6,11-13H,7-10H2. The smallest absolute Gasteiger partial charge is 0.279 e. The summed E-state index contributed by atoms with van der Waals surface area (Å²) in [5.74, 6) is -0.0966. The monoisotopic (exact) mass is 391 g/mol. The molecule has 1 aliphatic heterocycles. The van der Waals surface area contributed by atoms with Crippen molar-refractivity contribution in [2.75, 3.05) is 26.3 Å². The second-order valence-electron chi connectivity index (χ2n) is 6.66. The molecule has 3 aromatic heterocycles. The Balaban J connectivity index is 1.82. The first-order valence-corrected chi connectivity index (χ1v) is 9.97. The first-order valence-electron chi connectivity index (χ1n) is 9.09. The third-order valence-corrected chi connectivity index (χ3v) is 5.95. The van der Waals surface area contributed by atoms with Crippen molar-refractivity contribution in [1.29, 1.82) is 0 Å². The fourth-order valence-corrected chi connectivity index (χ4v) is 4.51. The summed E-state index contributed by atoms with van der Waals surface area (Å²) in [6.45, 7) is 2.13. The maximum atomic E-state index is 13.4. The average Bonchev–Trinajstić information content (AvgIpc) is 3.24. The molecular formula is C21H17N3O3S. The summed E-state index contributed by atoms with van der Waals surface area (Å²) in [6, 6.07) is 13.1. The largest absolute Gasteiger partial charge is 0.378 e. The number of fused-ring (bicyclic) bond motifs is 3. The van der Waals surface area contributed by atoms with Gasteiger partial charge in [-0.05, 0) is 23.1 Å². The first-order chi connectivity index (χ1) is 13.7. The SMILES string of the molecule is O=C(c1cc(-c2ccccc2)c(=O)n2ncc3ccsc3c12)N1CCOCC1. The normalized spacial score (nSPS) is 14.6. The van der Waals surface area contributed by atoms with Crippen LogP contribution in [0.25, 0.3) is 26.7 Å². The van der Waals surface area contributed by atoms with Crippen molar-refractivity contribution >= 4 is 32.8 Å². The van der Waals surface area contributed by atoms with Gasteiger partial charge in [-0.3, -0.25) is 9.59 Å². The van der Waals surface area contributed by atoms with E-state index in [0.717, 1.165) is 15.6 Å². The lowest BCUT2D eigenvalue weighted by atomic mass is 10.0. The van der Waals surface area contributed by atoms with Crippen molar-refractivity contribution in [2.24, 2.45) is 0 Å². The highest BCUT2D eigenvalue weighted by molar-refractivity contribution is 7.18. The van der Waals surface area contributed by atoms with Crippen LogP contribution < -0.4 is 5.56 Å². The number of carbonyl (C=O) groups excluding carboxylic acids is 1. The average molecular weight is 391 g/mol. The van der Waals surface area contributed by atoms with Crippen molar-refractivity contribution in [3.05, 3.63) is 70.0 Å². The molecule has 1 amide bonds. The second kappa shape index (κ2) is 6.85. The highest BCUT2D eigenvalue weighted by Gasteiger charge is 2.24. The number of amides is 1. The molecule has 1 fully saturated rings. The zero-order chi connectivity index (χ0) is 19.1. The highest BCUT2D eigenvalue weighted by Crippen LogP contribution is 2.29. The third-order valence-electron chi connectivity index (χ3n) is 5.01. The molecular weight excluding hydrogens is 374 g/mol. The van der Waals surface area contributed by atoms with Gasteiger partial charge >= 0.3 is 0 Å². The number of benzene rings is 1. The summed E-state index contributed by atoms with van der Waals surface area (Å²) in [4.78, 5) is 28.4. The Bertz CT molecular complexity index is 1240. The fraction of sp³-hybridized carbons (Fsp3) is 0.190. The molecule has 0 atom stereocenters. The van der Waals surface area contributed by atoms with Crippen LogP contribution in [0.1, 0.15) is 10.4 Å². The van der Waals surface area contributed by atoms with Crippen LogP contribution in [0.15, 0.2) is 58.8 Å². The first kappa shape index (κ1) is 17.1. The quantitative estimate of drug-likeness (QED) is 0.527. The Labute approximate surface area is 164 Å². The van der Waals surface area contributed by atoms with E-state index in [1.165, 1.54) is 15.9 Å². The van der Waals surface area contributed by atoms with Crippen molar-refractivity contribution in [2.45, 2.75) is 0 Å². The Kier molecular flexibility index (Phi) is 4.18. The summed E-state index contributed by atoms with van der Waals surface area (Å²) in [6.07, 6.45) is 1.68. The van der Waals surface area contributed by atoms with Crippen LogP contribution in [0.4, 0.5) is 0 Å². The number of pyridine rings is 1. The van der Waals surface area contributed by atoms with E-state index in [9.17, 15) is 9.59 Å². The van der Waals surface area contributed by atoms with Crippen molar-refractivity contribution in [3.63, 3.8) is 0 Å². The van der Waals surface area contributed by atoms with Crippen LogP contribution in [0.2, 0.25) is 0 Å². The summed E-state index contributed by atoms with van der Waals surface area (Å²) in [5.41, 5.74) is 2.09. The molecule has 28 heavy (non-hydrogen) atoms. The number of hydrogen-bond acceptors (Lipinski definition) is 5. The van der Waals surface area contributed by atoms with Gasteiger partial charge in [-0.2, -0.15) is 9.61 Å². The van der Waals surface area contributed by atoms with E-state index in [0.29, 0.717) is 42.9 Å². The molecule has 1 aliphatic rings. The van der Waals surface area contributed by atoms with Crippen LogP contribution in [-0.2, 0) is 4.74 Å². The van der Waals surface area contributed by atoms with Gasteiger partial charge in [0.1, 0.15) is 0 Å². The predicted octanol–water partition coefficient (Wildman–Crippen LogP) is 3.05. The molecule has 4 heterocycles. The van der Waals surface area contributed by atoms with Gasteiger partial charge in [0.25, 0.3) is 11.5 Å². The lowest BCUT2D eigenvalue weighted by Gasteiger charge is -2.27. The number of thiophene rings is 1. The molecule has 0 aliphatic carbocycles. The topological polar surface area (TPSA) is 63.9 Å². The van der Waals surface area contributed by atoms with Gasteiger partial charge in [0, 0.05) is 24.0 Å². The van der Waals surface area contributed by atoms with Crippen molar-refractivity contribution in [1.82, 2.24) is 14.5 Å². The minimum Gasteiger partial charge on any atom is -0.378 e. The number of morpholine rings is 1. The maximum absolute atomic E-state index is 13.4. The van der Waals surface area contributed by atoms with Gasteiger partial charge in [-0.25, -0.2) is 0 Å². The van der Waals surface area contributed by atoms with Crippen LogP contribution >= 0.6 is 11.3 Å². The molecule has 0 unspecified atom stereocenters. The van der Waals surface area contributed by atoms with Gasteiger partial charge in [0.05, 0.1) is 35.2 Å². The van der Waals surface area contributed by atoms with Gasteiger partial charge < -0.3 is 9.64 Å². The minimum atomic E-state index is -0.227. The van der Waals surface area contributed by atoms with Crippen LogP contribution in [0.3, 0.4) is 0 Å². The molecule has 0 radical (unpaired) electrons. The number of hydrogen-bond donors (Lipinski definition) is 0. The molecule has 1 saturated heterocycles. The highest BCUT2D eigenvalue weighted by atomic mass is 32.1. The third kappa shape index (κ3) is 2.71. The summed E-state index contributed by atoms with van der Waals surface area (Å²) in [7, 11) is 0. The van der Waals surface area contributed by atoms with E-state index in [2.05, 4.69) is 5.10 Å². The van der Waals surface area contributed by atoms with E-state index >= 15 is 0 Å². The molecule has 6 nitrogen and oxygen atoms in total. The van der Waals surface area contributed by atoms with Crippen LogP contribution in [0, 0.1) is 0 Å². The van der Waals surface area contributed by atoms with Gasteiger partial charge in [0.15, 0.2) is 0 Å². The van der Waals surface area contributed by atoms with E-state index in [1.807, 2.05) is 41.8 Å². The summed E-state index contributed by atoms with van der Waals surface area (Å²) < 4.78 is 7.65. The van der Waals surface area contributed by atoms with Crippen LogP contribution in [-0.4, -0.2) is 46.7 Å². The molecule has 0 saturated carbocycles. The van der Waals surface area contributed by atoms with E-state index < -0.39 is 0 Å². The molecule has 0 bridgehead atoms. The number of carbonyl (C=O) groups is 1. The molecule has 7 heteroatoms. The Morgan fingerprint density at radius 1 is 1.11 bits per heavy atom. The Morgan fingerprint density at radius 2 is 1.89 bits per heavy atom. The van der Waals surface area contributed by atoms with Crippen molar-refractivity contribution < 1.29 is 9.53 Å². The molecule has 0 spiro atoms. The van der Waals surface area contributed by atoms with E-state index in [1.54, 1.807) is 17.2 Å². The lowest BCUT2D eigenvalue weighted by Crippen LogP contribution is -2.41. The zero-order valence-electron chi connectivity index (χ0n) is 15.0. The van der Waals surface area contributed by atoms with Crippen molar-refractivity contribution in [3.8, 4) is 11.1 Å². The van der Waals surface area contributed by atoms with E-state index in [4.69, 9.17) is 4.74 Å². The molecule has 140 valence electrons. The summed E-state index contributed by atoms with van der Waals surface area (Å²) >= 11 is 1.51. The van der Waals surface area contributed by atoms with E-state index in [-0.39, 0.29) is 11.5 Å². The van der Waals surface area contributed by atoms with Crippen LogP contribution in [0.5, 0.6) is 0 Å². The van der Waals surface area contributed by atoms with Gasteiger partial charge in [-0.1, -0.05) is 30.3 Å². The predicted molar refractivity (Wildman–Crippen MR) is 109 cm³/mol. The van der Waals surface area contributed by atoms with Gasteiger partial charge in [-0.15, -0.1) is 11.3 Å². The Morgan fingerprint density at radius 3 is 2.68 bits per heavy atom. The lowest BCUT2D eigenvalue weighted by molar-refractivity contribution is 0.0304. The molecule has 0 N–H and O–H groups in total. The molecule has 5 rings (SSSR count). The maximum Gasteiger partial charge on any atom is 0.279 e. The molecule has 4 aromatic rings. The van der Waals surface area contributed by atoms with Gasteiger partial charge in [0.2, 0.25) is 0 Å². The molecule has 1 aromatic carbocycles. The Hall–Kier alpha value is -3.03. The number of aromatic nitrogens is 2. The summed E-state index contributed by atoms with van der Waals surface area (Å²) in [5, 5.41) is 7.24. The second-order valence-corrected chi connectivity index (χ2v) is 7.57. The minimum absolute atomic E-state index is 0.0966. The number of nitrogens with zero attached hydrogens (tertiary/aromatic N) is 3. The fourth-order valence-electron chi connectivity index (χ4n) is 3.59. The zero-order valence-corrected chi connectivity index (χ0v) is 15.8. The number of rotatable bonds is 2.